The van der Waals surface area contributed by atoms with Crippen LogP contribution in [0.2, 0.25) is 0 Å². The number of pyridine rings is 2. The monoisotopic (exact) mass is 336 g/mol. The van der Waals surface area contributed by atoms with Gasteiger partial charge < -0.3 is 5.11 Å². The molecule has 0 aliphatic carbocycles. The van der Waals surface area contributed by atoms with Crippen LogP contribution in [0, 0.1) is 5.92 Å². The molecule has 2 aromatic rings. The predicted molar refractivity (Wildman–Crippen MR) is 88.1 cm³/mol. The zero-order valence-corrected chi connectivity index (χ0v) is 13.7. The Balaban J connectivity index is 1.81. The zero-order valence-electron chi connectivity index (χ0n) is 13.7. The number of hydrogen-bond donors (Lipinski definition) is 1. The molecule has 0 fully saturated rings. The van der Waals surface area contributed by atoms with E-state index in [-0.39, 0.29) is 12.8 Å². The molecule has 1 unspecified atom stereocenters. The Morgan fingerprint density at radius 3 is 2.79 bits per heavy atom. The van der Waals surface area contributed by atoms with Crippen LogP contribution in [0.4, 0.5) is 8.78 Å². The Morgan fingerprint density at radius 2 is 2.08 bits per heavy atom. The van der Waals surface area contributed by atoms with Crippen molar-refractivity contribution >= 4 is 17.0 Å². The molecular weight excluding hydrogens is 314 g/mol. The van der Waals surface area contributed by atoms with Crippen molar-refractivity contribution in [2.24, 2.45) is 5.92 Å². The van der Waals surface area contributed by atoms with Crippen LogP contribution in [0.25, 0.3) is 11.0 Å². The Morgan fingerprint density at radius 1 is 1.29 bits per heavy atom. The molecule has 0 saturated carbocycles. The number of nitrogens with zero attached hydrogens (tertiary/aromatic N) is 2. The number of rotatable bonds is 9. The third-order valence-corrected chi connectivity index (χ3v) is 4.13. The standard InChI is InChI=1S/C18H22F2N2O2/c1-2-13(17(23)24)12-18(19,20)10-4-3-7-15-9-8-14-6-5-11-21-16(14)22-15/h5-6,8-9,11,13H,2-4,7,10,12H2,1H3,(H,23,24). The topological polar surface area (TPSA) is 63.1 Å². The summed E-state index contributed by atoms with van der Waals surface area (Å²) in [5.74, 6) is -5.06. The molecule has 0 amide bonds. The van der Waals surface area contributed by atoms with Gasteiger partial charge in [0, 0.05) is 30.1 Å². The number of carbonyl (C=O) groups is 1. The van der Waals surface area contributed by atoms with Crippen LogP contribution in [0.5, 0.6) is 0 Å². The number of unbranched alkanes of at least 4 members (excludes halogenated alkanes) is 1. The molecule has 0 saturated heterocycles. The summed E-state index contributed by atoms with van der Waals surface area (Å²) in [7, 11) is 0. The van der Waals surface area contributed by atoms with Crippen molar-refractivity contribution in [1.29, 1.82) is 0 Å². The van der Waals surface area contributed by atoms with Crippen molar-refractivity contribution in [2.45, 2.75) is 51.4 Å². The van der Waals surface area contributed by atoms with Crippen molar-refractivity contribution in [2.75, 3.05) is 0 Å². The van der Waals surface area contributed by atoms with E-state index < -0.39 is 24.2 Å². The second-order valence-electron chi connectivity index (χ2n) is 6.06. The number of halogens is 2. The molecule has 130 valence electrons. The molecule has 2 heterocycles. The Labute approximate surface area is 139 Å². The average molecular weight is 336 g/mol. The molecule has 1 atom stereocenters. The van der Waals surface area contributed by atoms with Gasteiger partial charge in [-0.15, -0.1) is 0 Å². The fourth-order valence-corrected chi connectivity index (χ4v) is 2.69. The fourth-order valence-electron chi connectivity index (χ4n) is 2.69. The summed E-state index contributed by atoms with van der Waals surface area (Å²) in [6.45, 7) is 1.62. The van der Waals surface area contributed by atoms with Gasteiger partial charge in [-0.3, -0.25) is 4.79 Å². The normalized spacial score (nSPS) is 13.1. The number of carboxylic acids is 1. The molecule has 1 N–H and O–H groups in total. The highest BCUT2D eigenvalue weighted by molar-refractivity contribution is 5.74. The number of aliphatic carboxylic acids is 1. The van der Waals surface area contributed by atoms with Gasteiger partial charge in [-0.05, 0) is 49.9 Å². The van der Waals surface area contributed by atoms with Gasteiger partial charge in [-0.1, -0.05) is 6.92 Å². The van der Waals surface area contributed by atoms with E-state index in [2.05, 4.69) is 9.97 Å². The van der Waals surface area contributed by atoms with E-state index in [9.17, 15) is 13.6 Å². The van der Waals surface area contributed by atoms with Crippen molar-refractivity contribution in [3.63, 3.8) is 0 Å². The number of fused-ring (bicyclic) bond motifs is 1. The lowest BCUT2D eigenvalue weighted by atomic mass is 9.95. The first-order chi connectivity index (χ1) is 11.4. The minimum absolute atomic E-state index is 0.221. The summed E-state index contributed by atoms with van der Waals surface area (Å²) in [6, 6.07) is 7.58. The summed E-state index contributed by atoms with van der Waals surface area (Å²) in [5.41, 5.74) is 1.49. The number of hydrogen-bond acceptors (Lipinski definition) is 3. The number of aryl methyl sites for hydroxylation is 1. The molecular formula is C18H22F2N2O2. The molecule has 0 spiro atoms. The van der Waals surface area contributed by atoms with E-state index in [0.717, 1.165) is 11.1 Å². The summed E-state index contributed by atoms with van der Waals surface area (Å²) < 4.78 is 27.7. The maximum absolute atomic E-state index is 13.9. The zero-order chi connectivity index (χ0) is 17.6. The summed E-state index contributed by atoms with van der Waals surface area (Å²) >= 11 is 0. The Kier molecular flexibility index (Phi) is 6.17. The molecule has 4 nitrogen and oxygen atoms in total. The molecule has 6 heteroatoms. The molecule has 2 rings (SSSR count). The highest BCUT2D eigenvalue weighted by Gasteiger charge is 2.34. The van der Waals surface area contributed by atoms with Gasteiger partial charge in [0.05, 0.1) is 5.92 Å². The van der Waals surface area contributed by atoms with Crippen LogP contribution >= 0.6 is 0 Å². The van der Waals surface area contributed by atoms with Gasteiger partial charge in [0.15, 0.2) is 5.65 Å². The van der Waals surface area contributed by atoms with E-state index in [1.165, 1.54) is 0 Å². The number of alkyl halides is 2. The fraction of sp³-hybridized carbons (Fsp3) is 0.500. The van der Waals surface area contributed by atoms with Crippen LogP contribution in [-0.2, 0) is 11.2 Å². The van der Waals surface area contributed by atoms with Crippen molar-refractivity contribution in [3.05, 3.63) is 36.2 Å². The predicted octanol–water partition coefficient (Wildman–Crippen LogP) is 4.48. The summed E-state index contributed by atoms with van der Waals surface area (Å²) in [4.78, 5) is 19.5. The van der Waals surface area contributed by atoms with Gasteiger partial charge in [0.25, 0.3) is 0 Å². The molecule has 2 aromatic heterocycles. The third-order valence-electron chi connectivity index (χ3n) is 4.13. The lowest BCUT2D eigenvalue weighted by Gasteiger charge is -2.19. The summed E-state index contributed by atoms with van der Waals surface area (Å²) in [5, 5.41) is 9.85. The van der Waals surface area contributed by atoms with Gasteiger partial charge in [-0.25, -0.2) is 18.7 Å². The van der Waals surface area contributed by atoms with Crippen LogP contribution in [0.15, 0.2) is 30.5 Å². The van der Waals surface area contributed by atoms with Crippen LogP contribution in [0.3, 0.4) is 0 Å². The van der Waals surface area contributed by atoms with E-state index in [0.29, 0.717) is 24.9 Å². The highest BCUT2D eigenvalue weighted by Crippen LogP contribution is 2.30. The van der Waals surface area contributed by atoms with Gasteiger partial charge in [0.1, 0.15) is 0 Å². The molecule has 0 aliphatic rings. The first-order valence-electron chi connectivity index (χ1n) is 8.22. The van der Waals surface area contributed by atoms with Crippen LogP contribution in [0.1, 0.15) is 44.7 Å². The minimum atomic E-state index is -2.93. The quantitative estimate of drug-likeness (QED) is 0.686. The highest BCUT2D eigenvalue weighted by atomic mass is 19.3. The molecule has 0 radical (unpaired) electrons. The molecule has 0 aliphatic heterocycles. The molecule has 24 heavy (non-hydrogen) atoms. The maximum Gasteiger partial charge on any atom is 0.306 e. The van der Waals surface area contributed by atoms with E-state index in [1.54, 1.807) is 13.1 Å². The molecule has 0 bridgehead atoms. The second kappa shape index (κ2) is 8.13. The second-order valence-corrected chi connectivity index (χ2v) is 6.06. The number of aromatic nitrogens is 2. The van der Waals surface area contributed by atoms with E-state index in [1.807, 2.05) is 24.3 Å². The largest absolute Gasteiger partial charge is 0.481 e. The lowest BCUT2D eigenvalue weighted by Crippen LogP contribution is -2.25. The third kappa shape index (κ3) is 5.22. The first-order valence-corrected chi connectivity index (χ1v) is 8.22. The van der Waals surface area contributed by atoms with Crippen LogP contribution < -0.4 is 0 Å². The minimum Gasteiger partial charge on any atom is -0.481 e. The number of carboxylic acid groups (broad SMARTS) is 1. The van der Waals surface area contributed by atoms with Crippen molar-refractivity contribution in [1.82, 2.24) is 9.97 Å². The SMILES string of the molecule is CCC(CC(F)(F)CCCCc1ccc2cccnc2n1)C(=O)O. The van der Waals surface area contributed by atoms with E-state index >= 15 is 0 Å². The Hall–Kier alpha value is -2.11. The molecule has 0 aromatic carbocycles. The first kappa shape index (κ1) is 18.2. The van der Waals surface area contributed by atoms with Gasteiger partial charge >= 0.3 is 5.97 Å². The Bertz CT molecular complexity index is 692. The van der Waals surface area contributed by atoms with Gasteiger partial charge in [-0.2, -0.15) is 0 Å². The van der Waals surface area contributed by atoms with Gasteiger partial charge in [0.2, 0.25) is 5.92 Å². The average Bonchev–Trinajstić information content (AvgIpc) is 2.56. The lowest BCUT2D eigenvalue weighted by molar-refractivity contribution is -0.146. The maximum atomic E-state index is 13.9. The van der Waals surface area contributed by atoms with E-state index in [4.69, 9.17) is 5.11 Å². The van der Waals surface area contributed by atoms with Crippen molar-refractivity contribution in [3.8, 4) is 0 Å². The smallest absolute Gasteiger partial charge is 0.306 e. The van der Waals surface area contributed by atoms with Crippen LogP contribution in [-0.4, -0.2) is 27.0 Å². The summed E-state index contributed by atoms with van der Waals surface area (Å²) in [6.07, 6.45) is 2.55. The van der Waals surface area contributed by atoms with Crippen molar-refractivity contribution < 1.29 is 18.7 Å².